The molecule has 0 unspecified atom stereocenters. The van der Waals surface area contributed by atoms with Crippen molar-refractivity contribution in [2.24, 2.45) is 0 Å². The number of nitrogens with one attached hydrogen (secondary N) is 1. The zero-order chi connectivity index (χ0) is 17.6. The van der Waals surface area contributed by atoms with E-state index in [1.807, 2.05) is 18.2 Å². The zero-order valence-corrected chi connectivity index (χ0v) is 13.2. The topological polar surface area (TPSA) is 90.5 Å². The number of hydrogen-bond acceptors (Lipinski definition) is 3. The molecule has 0 spiro atoms. The van der Waals surface area contributed by atoms with E-state index in [2.05, 4.69) is 4.98 Å². The van der Waals surface area contributed by atoms with Crippen LogP contribution in [0.5, 0.6) is 0 Å². The summed E-state index contributed by atoms with van der Waals surface area (Å²) in [6.07, 6.45) is 0.275. The molecule has 0 atom stereocenters. The molecule has 2 N–H and O–H groups in total. The first-order valence-electron chi connectivity index (χ1n) is 7.86. The second kappa shape index (κ2) is 5.59. The molecular weight excluding hydrogens is 320 g/mol. The number of amides is 2. The molecule has 0 bridgehead atoms. The molecule has 2 heterocycles. The fourth-order valence-electron chi connectivity index (χ4n) is 3.31. The van der Waals surface area contributed by atoms with Gasteiger partial charge in [-0.15, -0.1) is 0 Å². The number of carboxylic acid groups (broad SMARTS) is 1. The number of carbonyl (C=O) groups is 3. The fraction of sp³-hybridized carbons (Fsp3) is 0.105. The van der Waals surface area contributed by atoms with Crippen LogP contribution in [-0.2, 0) is 6.42 Å². The highest BCUT2D eigenvalue weighted by Gasteiger charge is 2.35. The first-order valence-corrected chi connectivity index (χ1v) is 7.86. The van der Waals surface area contributed by atoms with Gasteiger partial charge in [0.1, 0.15) is 5.69 Å². The molecule has 1 aromatic heterocycles. The van der Waals surface area contributed by atoms with Gasteiger partial charge in [-0.3, -0.25) is 14.5 Å². The molecule has 2 aromatic carbocycles. The number of para-hydroxylation sites is 1. The quantitative estimate of drug-likeness (QED) is 0.718. The first kappa shape index (κ1) is 15.1. The number of aromatic nitrogens is 1. The number of rotatable bonds is 4. The smallest absolute Gasteiger partial charge is 0.352 e. The normalized spacial score (nSPS) is 13.5. The Bertz CT molecular complexity index is 1000. The van der Waals surface area contributed by atoms with Crippen LogP contribution in [0.3, 0.4) is 0 Å². The Labute approximate surface area is 142 Å². The Morgan fingerprint density at radius 3 is 2.20 bits per heavy atom. The van der Waals surface area contributed by atoms with Gasteiger partial charge in [0.25, 0.3) is 11.8 Å². The number of imide groups is 1. The lowest BCUT2D eigenvalue weighted by Crippen LogP contribution is -2.32. The molecule has 1 aliphatic heterocycles. The molecule has 6 heteroatoms. The van der Waals surface area contributed by atoms with Gasteiger partial charge in [0.15, 0.2) is 0 Å². The first-order chi connectivity index (χ1) is 12.1. The average Bonchev–Trinajstić information content (AvgIpc) is 3.11. The van der Waals surface area contributed by atoms with Crippen LogP contribution in [0.1, 0.15) is 36.8 Å². The van der Waals surface area contributed by atoms with Crippen molar-refractivity contribution in [2.75, 3.05) is 6.54 Å². The highest BCUT2D eigenvalue weighted by Crippen LogP contribution is 2.26. The zero-order valence-electron chi connectivity index (χ0n) is 13.2. The van der Waals surface area contributed by atoms with Crippen LogP contribution >= 0.6 is 0 Å². The Morgan fingerprint density at radius 2 is 1.56 bits per heavy atom. The third kappa shape index (κ3) is 2.30. The number of aromatic carboxylic acids is 1. The summed E-state index contributed by atoms with van der Waals surface area (Å²) in [6, 6.07) is 14.0. The van der Waals surface area contributed by atoms with Crippen LogP contribution in [0, 0.1) is 0 Å². The summed E-state index contributed by atoms with van der Waals surface area (Å²) in [7, 11) is 0. The van der Waals surface area contributed by atoms with Crippen molar-refractivity contribution < 1.29 is 19.5 Å². The molecular formula is C19H14N2O4. The Hall–Kier alpha value is -3.41. The van der Waals surface area contributed by atoms with E-state index in [9.17, 15) is 19.5 Å². The number of carbonyl (C=O) groups excluding carboxylic acids is 2. The standard InChI is InChI=1S/C19H14N2O4/c22-17-13-6-1-2-7-14(13)18(23)21(17)10-9-12-11-5-3-4-8-15(11)20-16(12)19(24)25/h1-8,20H,9-10H2,(H,24,25). The number of fused-ring (bicyclic) bond motifs is 2. The predicted octanol–water partition coefficient (Wildman–Crippen LogP) is 2.70. The number of carboxylic acids is 1. The summed E-state index contributed by atoms with van der Waals surface area (Å²) in [6.45, 7) is 0.133. The van der Waals surface area contributed by atoms with Crippen LogP contribution < -0.4 is 0 Å². The number of H-pyrrole nitrogens is 1. The second-order valence-electron chi connectivity index (χ2n) is 5.89. The highest BCUT2D eigenvalue weighted by molar-refractivity contribution is 6.21. The number of hydrogen-bond donors (Lipinski definition) is 2. The summed E-state index contributed by atoms with van der Waals surface area (Å²) < 4.78 is 0. The van der Waals surface area contributed by atoms with Crippen molar-refractivity contribution in [3.05, 3.63) is 70.9 Å². The van der Waals surface area contributed by atoms with Gasteiger partial charge in [0.05, 0.1) is 11.1 Å². The van der Waals surface area contributed by atoms with Crippen LogP contribution in [-0.4, -0.2) is 39.3 Å². The van der Waals surface area contributed by atoms with E-state index in [4.69, 9.17) is 0 Å². The number of aromatic amines is 1. The van der Waals surface area contributed by atoms with Crippen LogP contribution in [0.25, 0.3) is 10.9 Å². The number of benzene rings is 2. The molecule has 0 fully saturated rings. The van der Waals surface area contributed by atoms with Crippen molar-refractivity contribution in [1.29, 1.82) is 0 Å². The van der Waals surface area contributed by atoms with Gasteiger partial charge < -0.3 is 10.1 Å². The third-order valence-corrected chi connectivity index (χ3v) is 4.49. The highest BCUT2D eigenvalue weighted by atomic mass is 16.4. The van der Waals surface area contributed by atoms with Crippen molar-refractivity contribution in [1.82, 2.24) is 9.88 Å². The minimum Gasteiger partial charge on any atom is -0.477 e. The summed E-state index contributed by atoms with van der Waals surface area (Å²) >= 11 is 0. The Morgan fingerprint density at radius 1 is 0.960 bits per heavy atom. The number of nitrogens with zero attached hydrogens (tertiary/aromatic N) is 1. The van der Waals surface area contributed by atoms with E-state index in [1.54, 1.807) is 30.3 Å². The SMILES string of the molecule is O=C(O)c1[nH]c2ccccc2c1CCN1C(=O)c2ccccc2C1=O. The van der Waals surface area contributed by atoms with Crippen molar-refractivity contribution in [3.63, 3.8) is 0 Å². The van der Waals surface area contributed by atoms with Crippen molar-refractivity contribution in [3.8, 4) is 0 Å². The fourth-order valence-corrected chi connectivity index (χ4v) is 3.31. The second-order valence-corrected chi connectivity index (χ2v) is 5.89. The van der Waals surface area contributed by atoms with E-state index in [1.165, 1.54) is 4.90 Å². The molecule has 0 saturated heterocycles. The summed E-state index contributed by atoms with van der Waals surface area (Å²) in [5.41, 5.74) is 2.20. The molecule has 2 amide bonds. The molecule has 6 nitrogen and oxygen atoms in total. The van der Waals surface area contributed by atoms with E-state index in [0.717, 1.165) is 10.9 Å². The van der Waals surface area contributed by atoms with E-state index >= 15 is 0 Å². The Balaban J connectivity index is 1.66. The van der Waals surface area contributed by atoms with Gasteiger partial charge in [0, 0.05) is 17.4 Å². The van der Waals surface area contributed by atoms with Crippen LogP contribution in [0.2, 0.25) is 0 Å². The van der Waals surface area contributed by atoms with Gasteiger partial charge >= 0.3 is 5.97 Å². The van der Waals surface area contributed by atoms with Crippen molar-refractivity contribution in [2.45, 2.75) is 6.42 Å². The van der Waals surface area contributed by atoms with Gasteiger partial charge in [-0.05, 0) is 30.2 Å². The van der Waals surface area contributed by atoms with Gasteiger partial charge in [-0.25, -0.2) is 4.79 Å². The Kier molecular flexibility index (Phi) is 3.39. The maximum Gasteiger partial charge on any atom is 0.352 e. The summed E-state index contributed by atoms with van der Waals surface area (Å²) in [5, 5.41) is 10.2. The van der Waals surface area contributed by atoms with Gasteiger partial charge in [0.2, 0.25) is 0 Å². The third-order valence-electron chi connectivity index (χ3n) is 4.49. The lowest BCUT2D eigenvalue weighted by Gasteiger charge is -2.13. The summed E-state index contributed by atoms with van der Waals surface area (Å²) in [5.74, 6) is -1.73. The minimum absolute atomic E-state index is 0.0952. The molecule has 4 rings (SSSR count). The lowest BCUT2D eigenvalue weighted by molar-refractivity contribution is 0.0655. The average molecular weight is 334 g/mol. The molecule has 25 heavy (non-hydrogen) atoms. The summed E-state index contributed by atoms with van der Waals surface area (Å²) in [4.78, 5) is 40.4. The minimum atomic E-state index is -1.06. The molecule has 124 valence electrons. The maximum atomic E-state index is 12.4. The molecule has 0 saturated carbocycles. The lowest BCUT2D eigenvalue weighted by atomic mass is 10.1. The van der Waals surface area contributed by atoms with Crippen LogP contribution in [0.15, 0.2) is 48.5 Å². The monoisotopic (exact) mass is 334 g/mol. The van der Waals surface area contributed by atoms with Gasteiger partial charge in [-0.1, -0.05) is 30.3 Å². The van der Waals surface area contributed by atoms with Gasteiger partial charge in [-0.2, -0.15) is 0 Å². The largest absolute Gasteiger partial charge is 0.477 e. The molecule has 0 aliphatic carbocycles. The molecule has 1 aliphatic rings. The maximum absolute atomic E-state index is 12.4. The van der Waals surface area contributed by atoms with E-state index < -0.39 is 5.97 Å². The van der Waals surface area contributed by atoms with Crippen LogP contribution in [0.4, 0.5) is 0 Å². The van der Waals surface area contributed by atoms with E-state index in [0.29, 0.717) is 16.7 Å². The molecule has 3 aromatic rings. The van der Waals surface area contributed by atoms with Crippen molar-refractivity contribution >= 4 is 28.7 Å². The predicted molar refractivity (Wildman–Crippen MR) is 90.8 cm³/mol. The molecule has 0 radical (unpaired) electrons. The van der Waals surface area contributed by atoms with E-state index in [-0.39, 0.29) is 30.5 Å².